The van der Waals surface area contributed by atoms with Crippen molar-refractivity contribution in [2.45, 2.75) is 71.1 Å². The third kappa shape index (κ3) is 7.29. The highest BCUT2D eigenvalue weighted by Gasteiger charge is 2.46. The minimum atomic E-state index is -0.676. The Bertz CT molecular complexity index is 1250. The molecule has 5 rings (SSSR count). The molecule has 3 heterocycles. The molecular weight excluding hydrogens is 520 g/mol. The molecule has 3 N–H and O–H groups in total. The number of hydrogen-bond acceptors (Lipinski definition) is 8. The second kappa shape index (κ2) is 12.7. The lowest BCUT2D eigenvalue weighted by molar-refractivity contribution is -0.147. The maximum Gasteiger partial charge on any atom is 0.289 e. The van der Waals surface area contributed by atoms with Crippen LogP contribution in [-0.4, -0.2) is 87.3 Å². The Kier molecular flexibility index (Phi) is 8.99. The number of benzene rings is 1. The molecule has 0 bridgehead atoms. The maximum atomic E-state index is 12.8. The molecule has 3 aliphatic rings. The lowest BCUT2D eigenvalue weighted by atomic mass is 9.60. The molecule has 10 heteroatoms. The Hall–Kier alpha value is -3.37. The van der Waals surface area contributed by atoms with E-state index < -0.39 is 6.10 Å². The molecule has 1 saturated heterocycles. The number of rotatable bonds is 10. The first-order valence-electron chi connectivity index (χ1n) is 14.9. The number of ketones is 1. The van der Waals surface area contributed by atoms with Crippen LogP contribution in [0.2, 0.25) is 0 Å². The number of aliphatic hydroxyl groups is 1. The molecule has 2 aliphatic heterocycles. The summed E-state index contributed by atoms with van der Waals surface area (Å²) in [5.41, 5.74) is 3.11. The summed E-state index contributed by atoms with van der Waals surface area (Å²) >= 11 is 0. The standard InChI is InChI=1S/C31H42N6O4/c1-21(2)13-27(39)30(41)37-11-8-31(9-12-37)15-24(16-31)35-28-14-26(33-20-34-28)29(40)32-17-25(38)19-36-10-7-22-5-3-4-6-23(22)18-36/h3-6,14,20-21,24-25,38H,7-13,15-19H2,1-2H3,(H,32,40)(H,33,34,35)/t25-/m0/s1. The zero-order valence-corrected chi connectivity index (χ0v) is 24.1. The highest BCUT2D eigenvalue weighted by Crippen LogP contribution is 2.50. The summed E-state index contributed by atoms with van der Waals surface area (Å²) in [6.07, 6.45) is 5.70. The number of aromatic nitrogens is 2. The van der Waals surface area contributed by atoms with Crippen molar-refractivity contribution in [2.75, 3.05) is 38.0 Å². The van der Waals surface area contributed by atoms with Gasteiger partial charge in [-0.25, -0.2) is 9.97 Å². The number of carbonyl (C=O) groups is 3. The number of amides is 2. The van der Waals surface area contributed by atoms with Crippen molar-refractivity contribution in [3.05, 3.63) is 53.5 Å². The van der Waals surface area contributed by atoms with Gasteiger partial charge in [0.25, 0.3) is 11.8 Å². The SMILES string of the molecule is CC(C)CC(=O)C(=O)N1CCC2(CC1)CC(Nc1cc(C(=O)NC[C@H](O)CN3CCc4ccccc4C3)ncn1)C2. The first kappa shape index (κ1) is 29.1. The number of fused-ring (bicyclic) bond motifs is 1. The average Bonchev–Trinajstić information content (AvgIpc) is 2.95. The third-order valence-electron chi connectivity index (χ3n) is 8.73. The molecule has 0 unspecified atom stereocenters. The van der Waals surface area contributed by atoms with E-state index in [1.165, 1.54) is 17.5 Å². The van der Waals surface area contributed by atoms with Crippen molar-refractivity contribution in [1.29, 1.82) is 0 Å². The van der Waals surface area contributed by atoms with Gasteiger partial charge < -0.3 is 20.6 Å². The van der Waals surface area contributed by atoms with Gasteiger partial charge in [0.1, 0.15) is 17.8 Å². The van der Waals surface area contributed by atoms with Crippen LogP contribution in [0.15, 0.2) is 36.7 Å². The zero-order chi connectivity index (χ0) is 29.0. The van der Waals surface area contributed by atoms with Crippen LogP contribution < -0.4 is 10.6 Å². The minimum Gasteiger partial charge on any atom is -0.390 e. The fourth-order valence-electron chi connectivity index (χ4n) is 6.46. The van der Waals surface area contributed by atoms with Crippen LogP contribution in [0.1, 0.15) is 67.6 Å². The molecule has 2 fully saturated rings. The molecule has 2 amide bonds. The van der Waals surface area contributed by atoms with Gasteiger partial charge in [-0.2, -0.15) is 0 Å². The predicted octanol–water partition coefficient (Wildman–Crippen LogP) is 2.42. The summed E-state index contributed by atoms with van der Waals surface area (Å²) in [4.78, 5) is 49.7. The Morgan fingerprint density at radius 2 is 1.80 bits per heavy atom. The minimum absolute atomic E-state index is 0.150. The van der Waals surface area contributed by atoms with Gasteiger partial charge in [0.15, 0.2) is 0 Å². The van der Waals surface area contributed by atoms with E-state index in [0.717, 1.165) is 45.2 Å². The van der Waals surface area contributed by atoms with Gasteiger partial charge in [0.05, 0.1) is 6.10 Å². The van der Waals surface area contributed by atoms with Crippen molar-refractivity contribution in [3.63, 3.8) is 0 Å². The van der Waals surface area contributed by atoms with Crippen LogP contribution in [0.4, 0.5) is 5.82 Å². The smallest absolute Gasteiger partial charge is 0.289 e. The lowest BCUT2D eigenvalue weighted by Crippen LogP contribution is -2.53. The highest BCUT2D eigenvalue weighted by atomic mass is 16.3. The van der Waals surface area contributed by atoms with Crippen LogP contribution in [0.25, 0.3) is 0 Å². The van der Waals surface area contributed by atoms with Crippen molar-refractivity contribution in [1.82, 2.24) is 25.1 Å². The summed E-state index contributed by atoms with van der Waals surface area (Å²) in [5.74, 6) is -0.170. The summed E-state index contributed by atoms with van der Waals surface area (Å²) < 4.78 is 0. The van der Waals surface area contributed by atoms with Crippen molar-refractivity contribution >= 4 is 23.4 Å². The third-order valence-corrected chi connectivity index (χ3v) is 8.73. The number of carbonyl (C=O) groups excluding carboxylic acids is 3. The summed E-state index contributed by atoms with van der Waals surface area (Å²) in [6.45, 7) is 7.50. The Balaban J connectivity index is 1.03. The number of anilines is 1. The molecule has 1 aliphatic carbocycles. The molecular formula is C31H42N6O4. The topological polar surface area (TPSA) is 128 Å². The Morgan fingerprint density at radius 3 is 2.54 bits per heavy atom. The summed E-state index contributed by atoms with van der Waals surface area (Å²) in [5, 5.41) is 16.8. The normalized spacial score (nSPS) is 19.4. The number of hydrogen-bond donors (Lipinski definition) is 3. The molecule has 10 nitrogen and oxygen atoms in total. The van der Waals surface area contributed by atoms with Gasteiger partial charge in [-0.05, 0) is 54.6 Å². The molecule has 1 aromatic carbocycles. The predicted molar refractivity (Wildman–Crippen MR) is 155 cm³/mol. The fraction of sp³-hybridized carbons (Fsp3) is 0.581. The molecule has 1 atom stereocenters. The second-order valence-corrected chi connectivity index (χ2v) is 12.5. The van der Waals surface area contributed by atoms with E-state index in [-0.39, 0.29) is 47.2 Å². The van der Waals surface area contributed by atoms with Gasteiger partial charge in [-0.15, -0.1) is 0 Å². The second-order valence-electron chi connectivity index (χ2n) is 12.5. The molecule has 1 aromatic heterocycles. The van der Waals surface area contributed by atoms with Crippen molar-refractivity contribution < 1.29 is 19.5 Å². The van der Waals surface area contributed by atoms with Crippen molar-refractivity contribution in [3.8, 4) is 0 Å². The summed E-state index contributed by atoms with van der Waals surface area (Å²) in [6, 6.07) is 10.3. The highest BCUT2D eigenvalue weighted by molar-refractivity contribution is 6.36. The maximum absolute atomic E-state index is 12.8. The number of nitrogens with one attached hydrogen (secondary N) is 2. The first-order chi connectivity index (χ1) is 19.7. The fourth-order valence-corrected chi connectivity index (χ4v) is 6.46. The number of β-amino-alcohol motifs (C(OH)–C–C–N with tert-alkyl or cyclic N) is 1. The van der Waals surface area contributed by atoms with Crippen LogP contribution in [0.3, 0.4) is 0 Å². The number of piperidine rings is 1. The van der Waals surface area contributed by atoms with Gasteiger partial charge in [-0.1, -0.05) is 38.1 Å². The van der Waals surface area contributed by atoms with Crippen LogP contribution in [-0.2, 0) is 22.6 Å². The van der Waals surface area contributed by atoms with Gasteiger partial charge in [-0.3, -0.25) is 19.3 Å². The van der Waals surface area contributed by atoms with E-state index in [1.807, 2.05) is 19.9 Å². The largest absolute Gasteiger partial charge is 0.390 e. The van der Waals surface area contributed by atoms with Gasteiger partial charge >= 0.3 is 0 Å². The van der Waals surface area contributed by atoms with Crippen LogP contribution in [0, 0.1) is 11.3 Å². The quantitative estimate of drug-likeness (QED) is 0.377. The van der Waals surface area contributed by atoms with E-state index in [9.17, 15) is 19.5 Å². The molecule has 0 radical (unpaired) electrons. The van der Waals surface area contributed by atoms with Crippen molar-refractivity contribution in [2.24, 2.45) is 11.3 Å². The molecule has 1 saturated carbocycles. The first-order valence-corrected chi connectivity index (χ1v) is 14.9. The zero-order valence-electron chi connectivity index (χ0n) is 24.1. The number of Topliss-reactive ketones (excluding diaryl/α,β-unsaturated/α-hetero) is 1. The van der Waals surface area contributed by atoms with Crippen LogP contribution in [0.5, 0.6) is 0 Å². The molecule has 1 spiro atoms. The Labute approximate surface area is 241 Å². The average molecular weight is 563 g/mol. The summed E-state index contributed by atoms with van der Waals surface area (Å²) in [7, 11) is 0. The Morgan fingerprint density at radius 1 is 1.07 bits per heavy atom. The number of nitrogens with zero attached hydrogens (tertiary/aromatic N) is 4. The van der Waals surface area contributed by atoms with E-state index in [2.05, 4.69) is 43.7 Å². The molecule has 220 valence electrons. The number of aliphatic hydroxyl groups excluding tert-OH is 1. The van der Waals surface area contributed by atoms with Gasteiger partial charge in [0.2, 0.25) is 5.78 Å². The van der Waals surface area contributed by atoms with E-state index in [1.54, 1.807) is 11.0 Å². The van der Waals surface area contributed by atoms with Crippen LogP contribution >= 0.6 is 0 Å². The van der Waals surface area contributed by atoms with E-state index in [4.69, 9.17) is 0 Å². The molecule has 2 aromatic rings. The lowest BCUT2D eigenvalue weighted by Gasteiger charge is -2.52. The van der Waals surface area contributed by atoms with Gasteiger partial charge in [0, 0.05) is 57.8 Å². The number of likely N-dealkylation sites (tertiary alicyclic amines) is 1. The van der Waals surface area contributed by atoms with E-state index >= 15 is 0 Å². The molecule has 41 heavy (non-hydrogen) atoms. The monoisotopic (exact) mass is 562 g/mol. The van der Waals surface area contributed by atoms with E-state index in [0.29, 0.717) is 31.9 Å².